The fraction of sp³-hybridized carbons (Fsp3) is 0.409. The molecule has 0 bridgehead atoms. The molecule has 1 aromatic carbocycles. The Morgan fingerprint density at radius 3 is 2.52 bits per heavy atom. The van der Waals surface area contributed by atoms with Gasteiger partial charge in [0.05, 0.1) is 24.3 Å². The quantitative estimate of drug-likeness (QED) is 0.797. The van der Waals surface area contributed by atoms with E-state index < -0.39 is 6.10 Å². The van der Waals surface area contributed by atoms with Crippen molar-refractivity contribution < 1.29 is 19.4 Å². The average Bonchev–Trinajstić information content (AvgIpc) is 3.16. The molecule has 2 aliphatic rings. The largest absolute Gasteiger partial charge is 0.488 e. The number of hydrogen-bond acceptors (Lipinski definition) is 7. The van der Waals surface area contributed by atoms with Crippen LogP contribution in [-0.2, 0) is 4.74 Å². The number of ether oxygens (including phenoxy) is 2. The minimum atomic E-state index is -0.537. The van der Waals surface area contributed by atoms with Crippen molar-refractivity contribution >= 4 is 11.8 Å². The maximum Gasteiger partial charge on any atom is 0.337 e. The zero-order valence-electron chi connectivity index (χ0n) is 16.2. The van der Waals surface area contributed by atoms with E-state index in [1.54, 1.807) is 36.5 Å². The third-order valence-electron chi connectivity index (χ3n) is 5.85. The zero-order chi connectivity index (χ0) is 20.4. The first kappa shape index (κ1) is 19.2. The molecule has 0 amide bonds. The van der Waals surface area contributed by atoms with Gasteiger partial charge in [0.15, 0.2) is 0 Å². The number of carbonyl (C=O) groups excluding carboxylic acids is 1. The summed E-state index contributed by atoms with van der Waals surface area (Å²) < 4.78 is 10.7. The first-order valence-corrected chi connectivity index (χ1v) is 9.71. The smallest absolute Gasteiger partial charge is 0.337 e. The molecule has 4 rings (SSSR count). The molecule has 29 heavy (non-hydrogen) atoms. The molecule has 150 valence electrons. The van der Waals surface area contributed by atoms with Gasteiger partial charge in [0.25, 0.3) is 0 Å². The molecule has 2 heterocycles. The molecular formula is C22H23N3O4. The Morgan fingerprint density at radius 1 is 1.17 bits per heavy atom. The second-order valence-electron chi connectivity index (χ2n) is 7.65. The summed E-state index contributed by atoms with van der Waals surface area (Å²) in [6, 6.07) is 12.5. The molecule has 1 aliphatic heterocycles. The van der Waals surface area contributed by atoms with Crippen molar-refractivity contribution in [2.24, 2.45) is 11.8 Å². The van der Waals surface area contributed by atoms with Crippen LogP contribution in [-0.4, -0.2) is 48.5 Å². The average molecular weight is 393 g/mol. The number of hydrogen-bond donors (Lipinski definition) is 1. The highest BCUT2D eigenvalue weighted by Gasteiger charge is 2.43. The Bertz CT molecular complexity index is 907. The van der Waals surface area contributed by atoms with Gasteiger partial charge >= 0.3 is 5.97 Å². The number of methoxy groups -OCH3 is 1. The van der Waals surface area contributed by atoms with E-state index in [0.29, 0.717) is 35.1 Å². The maximum atomic E-state index is 11.5. The fourth-order valence-corrected chi connectivity index (χ4v) is 4.31. The number of nitrogens with zero attached hydrogens (tertiary/aromatic N) is 3. The van der Waals surface area contributed by atoms with E-state index >= 15 is 0 Å². The number of aliphatic hydroxyl groups is 1. The van der Waals surface area contributed by atoms with E-state index in [2.05, 4.69) is 16.0 Å². The Kier molecular flexibility index (Phi) is 5.36. The molecule has 4 atom stereocenters. The van der Waals surface area contributed by atoms with E-state index in [4.69, 9.17) is 14.7 Å². The van der Waals surface area contributed by atoms with Gasteiger partial charge in [-0.15, -0.1) is 0 Å². The highest BCUT2D eigenvalue weighted by Crippen LogP contribution is 2.39. The van der Waals surface area contributed by atoms with Gasteiger partial charge in [0.1, 0.15) is 23.7 Å². The molecule has 7 heteroatoms. The summed E-state index contributed by atoms with van der Waals surface area (Å²) in [5.74, 6) is 1.91. The van der Waals surface area contributed by atoms with Crippen molar-refractivity contribution in [2.75, 3.05) is 25.1 Å². The van der Waals surface area contributed by atoms with Crippen LogP contribution in [0.4, 0.5) is 5.82 Å². The van der Waals surface area contributed by atoms with Gasteiger partial charge < -0.3 is 19.5 Å². The predicted octanol–water partition coefficient (Wildman–Crippen LogP) is 2.39. The molecule has 7 nitrogen and oxygen atoms in total. The van der Waals surface area contributed by atoms with Gasteiger partial charge in [0, 0.05) is 19.3 Å². The third-order valence-corrected chi connectivity index (χ3v) is 5.85. The molecule has 1 saturated heterocycles. The van der Waals surface area contributed by atoms with Crippen molar-refractivity contribution in [3.63, 3.8) is 0 Å². The summed E-state index contributed by atoms with van der Waals surface area (Å²) in [7, 11) is 1.35. The summed E-state index contributed by atoms with van der Waals surface area (Å²) in [6.45, 7) is 1.71. The number of aliphatic hydroxyl groups excluding tert-OH is 1. The summed E-state index contributed by atoms with van der Waals surface area (Å²) >= 11 is 0. The van der Waals surface area contributed by atoms with E-state index in [1.807, 2.05) is 6.07 Å². The molecule has 0 spiro atoms. The lowest BCUT2D eigenvalue weighted by Crippen LogP contribution is -2.42. The minimum Gasteiger partial charge on any atom is -0.488 e. The molecule has 1 saturated carbocycles. The van der Waals surface area contributed by atoms with Crippen LogP contribution in [0.15, 0.2) is 42.6 Å². The number of pyridine rings is 1. The van der Waals surface area contributed by atoms with Crippen LogP contribution in [0.2, 0.25) is 0 Å². The second kappa shape index (κ2) is 8.10. The number of aromatic nitrogens is 1. The highest BCUT2D eigenvalue weighted by atomic mass is 16.5. The summed E-state index contributed by atoms with van der Waals surface area (Å²) in [5, 5.41) is 19.5. The molecule has 1 N–H and O–H groups in total. The first-order chi connectivity index (χ1) is 14.1. The molecule has 0 unspecified atom stereocenters. The normalized spacial score (nSPS) is 25.8. The monoisotopic (exact) mass is 393 g/mol. The SMILES string of the molecule is COC(=O)c1ccc(O[C@@H]2C[C@@H]3CN(c4ccc(C#N)cn4)C[C@@H]3C[C@H]2O)cc1. The van der Waals surface area contributed by atoms with Gasteiger partial charge in [0.2, 0.25) is 0 Å². The van der Waals surface area contributed by atoms with Crippen molar-refractivity contribution in [3.8, 4) is 11.8 Å². The van der Waals surface area contributed by atoms with Gasteiger partial charge in [-0.05, 0) is 61.1 Å². The van der Waals surface area contributed by atoms with Crippen LogP contribution < -0.4 is 9.64 Å². The molecule has 1 aromatic heterocycles. The van der Waals surface area contributed by atoms with Gasteiger partial charge in [-0.3, -0.25) is 0 Å². The van der Waals surface area contributed by atoms with Gasteiger partial charge in [-0.25, -0.2) is 9.78 Å². The molecule has 2 aromatic rings. The second-order valence-corrected chi connectivity index (χ2v) is 7.65. The minimum absolute atomic E-state index is 0.283. The third kappa shape index (κ3) is 4.03. The van der Waals surface area contributed by atoms with Crippen molar-refractivity contribution in [1.82, 2.24) is 4.98 Å². The summed E-state index contributed by atoms with van der Waals surface area (Å²) in [4.78, 5) is 18.2. The van der Waals surface area contributed by atoms with Crippen LogP contribution >= 0.6 is 0 Å². The van der Waals surface area contributed by atoms with E-state index in [0.717, 1.165) is 25.3 Å². The van der Waals surface area contributed by atoms with Crippen molar-refractivity contribution in [2.45, 2.75) is 25.0 Å². The molecule has 1 aliphatic carbocycles. The Morgan fingerprint density at radius 2 is 1.90 bits per heavy atom. The number of anilines is 1. The van der Waals surface area contributed by atoms with Crippen LogP contribution in [0.3, 0.4) is 0 Å². The first-order valence-electron chi connectivity index (χ1n) is 9.71. The maximum absolute atomic E-state index is 11.5. The van der Waals surface area contributed by atoms with E-state index in [-0.39, 0.29) is 12.1 Å². The standard InChI is InChI=1S/C22H23N3O4/c1-28-22(27)15-3-5-18(6-4-15)29-20-9-17-13-25(12-16(17)8-19(20)26)21-7-2-14(10-23)11-24-21/h2-7,11,16-17,19-20,26H,8-9,12-13H2,1H3/t16-,17+,19+,20+/m0/s1. The highest BCUT2D eigenvalue weighted by molar-refractivity contribution is 5.89. The van der Waals surface area contributed by atoms with Gasteiger partial charge in [-0.1, -0.05) is 0 Å². The van der Waals surface area contributed by atoms with Crippen molar-refractivity contribution in [3.05, 3.63) is 53.7 Å². The number of fused-ring (bicyclic) bond motifs is 1. The Labute approximate surface area is 169 Å². The van der Waals surface area contributed by atoms with Crippen LogP contribution in [0.1, 0.15) is 28.8 Å². The van der Waals surface area contributed by atoms with E-state index in [9.17, 15) is 9.90 Å². The van der Waals surface area contributed by atoms with Crippen LogP contribution in [0.5, 0.6) is 5.75 Å². The summed E-state index contributed by atoms with van der Waals surface area (Å²) in [5.41, 5.74) is 1.01. The number of carbonyl (C=O) groups is 1. The number of esters is 1. The zero-order valence-corrected chi connectivity index (χ0v) is 16.2. The van der Waals surface area contributed by atoms with E-state index in [1.165, 1.54) is 7.11 Å². The lowest BCUT2D eigenvalue weighted by Gasteiger charge is -2.35. The number of rotatable bonds is 4. The molecule has 2 fully saturated rings. The van der Waals surface area contributed by atoms with Crippen LogP contribution in [0.25, 0.3) is 0 Å². The Hall–Kier alpha value is -3.11. The number of benzene rings is 1. The predicted molar refractivity (Wildman–Crippen MR) is 106 cm³/mol. The molecule has 0 radical (unpaired) electrons. The lowest BCUT2D eigenvalue weighted by atomic mass is 9.78. The van der Waals surface area contributed by atoms with Crippen LogP contribution in [0, 0.1) is 23.2 Å². The molecular weight excluding hydrogens is 370 g/mol. The lowest BCUT2D eigenvalue weighted by molar-refractivity contribution is -0.0231. The topological polar surface area (TPSA) is 95.7 Å². The number of nitriles is 1. The fourth-order valence-electron chi connectivity index (χ4n) is 4.31. The Balaban J connectivity index is 1.40. The van der Waals surface area contributed by atoms with Crippen molar-refractivity contribution in [1.29, 1.82) is 5.26 Å². The van der Waals surface area contributed by atoms with Gasteiger partial charge in [-0.2, -0.15) is 5.26 Å². The summed E-state index contributed by atoms with van der Waals surface area (Å²) in [6.07, 6.45) is 2.22.